The van der Waals surface area contributed by atoms with Crippen molar-refractivity contribution in [1.29, 1.82) is 0 Å². The lowest BCUT2D eigenvalue weighted by molar-refractivity contribution is -0.161. The van der Waals surface area contributed by atoms with E-state index in [1.165, 1.54) is 83.5 Å². The van der Waals surface area contributed by atoms with Gasteiger partial charge in [-0.05, 0) is 89.9 Å². The molecule has 0 saturated heterocycles. The van der Waals surface area contributed by atoms with Crippen LogP contribution in [0.3, 0.4) is 0 Å². The minimum Gasteiger partial charge on any atom is -0.463 e. The second kappa shape index (κ2) is 57.7. The minimum atomic E-state index is -4.91. The van der Waals surface area contributed by atoms with Gasteiger partial charge in [-0.3, -0.25) is 32.5 Å². The zero-order chi connectivity index (χ0) is 59.6. The standard InChI is InChI=1S/C63H114O16P2/c1-4-7-10-13-16-19-22-24-26-27-28-29-31-33-35-37-40-43-46-49-61(66)73-52-58(64)53-75-80(69,70)76-54-59(65)55-77-81(71,72)78-57-60(79-63(68)51-48-45-42-39-34-21-18-15-12-9-6-3)56-74-62(67)50-47-44-41-38-36-32-30-25-23-20-17-14-11-8-5-2/h16-17,19-20,24-26,28-30,58-60,64-65H,4-15,18,21-23,27,31-57H2,1-3H3,(H,69,70)(H,71,72)/b19-16-,20-17-,26-24-,29-28-,30-25-. The van der Waals surface area contributed by atoms with Crippen LogP contribution in [0.15, 0.2) is 60.8 Å². The monoisotopic (exact) mass is 1190 g/mol. The van der Waals surface area contributed by atoms with Gasteiger partial charge in [-0.2, -0.15) is 0 Å². The number of aliphatic hydroxyl groups excluding tert-OH is 2. The van der Waals surface area contributed by atoms with E-state index < -0.39 is 91.5 Å². The lowest BCUT2D eigenvalue weighted by Gasteiger charge is -2.21. The molecule has 5 atom stereocenters. The molecule has 16 nitrogen and oxygen atoms in total. The molecule has 0 spiro atoms. The number of phosphoric ester groups is 2. The van der Waals surface area contributed by atoms with Crippen LogP contribution >= 0.6 is 15.6 Å². The van der Waals surface area contributed by atoms with E-state index in [4.69, 9.17) is 32.3 Å². The van der Waals surface area contributed by atoms with Gasteiger partial charge in [0, 0.05) is 19.3 Å². The van der Waals surface area contributed by atoms with E-state index in [2.05, 4.69) is 81.5 Å². The van der Waals surface area contributed by atoms with Crippen molar-refractivity contribution in [2.24, 2.45) is 0 Å². The van der Waals surface area contributed by atoms with Crippen LogP contribution in [0.25, 0.3) is 0 Å². The number of allylic oxidation sites excluding steroid dienone is 10. The molecule has 18 heteroatoms. The first-order valence-corrected chi connectivity index (χ1v) is 34.6. The molecule has 0 aromatic carbocycles. The number of rotatable bonds is 60. The third kappa shape index (κ3) is 58.8. The van der Waals surface area contributed by atoms with Gasteiger partial charge in [-0.1, -0.05) is 216 Å². The average Bonchev–Trinajstić information content (AvgIpc) is 3.44. The van der Waals surface area contributed by atoms with Gasteiger partial charge < -0.3 is 34.2 Å². The maximum atomic E-state index is 12.8. The maximum Gasteiger partial charge on any atom is 0.472 e. The summed E-state index contributed by atoms with van der Waals surface area (Å²) < 4.78 is 60.6. The summed E-state index contributed by atoms with van der Waals surface area (Å²) in [6.45, 7) is 2.57. The largest absolute Gasteiger partial charge is 0.472 e. The Morgan fingerprint density at radius 3 is 1.00 bits per heavy atom. The fourth-order valence-corrected chi connectivity index (χ4v) is 9.90. The van der Waals surface area contributed by atoms with Crippen LogP contribution in [0.1, 0.15) is 265 Å². The number of phosphoric acid groups is 2. The molecule has 5 unspecified atom stereocenters. The van der Waals surface area contributed by atoms with Crippen molar-refractivity contribution in [3.8, 4) is 0 Å². The first-order chi connectivity index (χ1) is 39.2. The van der Waals surface area contributed by atoms with Gasteiger partial charge in [-0.25, -0.2) is 9.13 Å². The number of aliphatic hydroxyl groups is 2. The van der Waals surface area contributed by atoms with Crippen molar-refractivity contribution in [3.05, 3.63) is 60.8 Å². The second-order valence-electron chi connectivity index (χ2n) is 21.2. The SMILES string of the molecule is CCCCC/C=C\C/C=C\C/C=C\CCCCCCCCC(=O)OCC(O)COP(=O)(O)OCC(O)COP(=O)(O)OCC(COC(=O)CCCCCCC/C=C\C/C=C\CCCCC)OC(=O)CCCCCCCCCCCCC. The molecule has 4 N–H and O–H groups in total. The van der Waals surface area contributed by atoms with Gasteiger partial charge in [0.15, 0.2) is 6.10 Å². The highest BCUT2D eigenvalue weighted by Gasteiger charge is 2.29. The molecule has 0 heterocycles. The highest BCUT2D eigenvalue weighted by Crippen LogP contribution is 2.45. The molecule has 81 heavy (non-hydrogen) atoms. The van der Waals surface area contributed by atoms with Gasteiger partial charge in [0.05, 0.1) is 26.4 Å². The molecule has 0 bridgehead atoms. The number of ether oxygens (including phenoxy) is 3. The topological polar surface area (TPSA) is 231 Å². The summed E-state index contributed by atoms with van der Waals surface area (Å²) in [7, 11) is -9.76. The summed E-state index contributed by atoms with van der Waals surface area (Å²) in [4.78, 5) is 58.1. The van der Waals surface area contributed by atoms with Crippen LogP contribution in [-0.2, 0) is 55.8 Å². The smallest absolute Gasteiger partial charge is 0.463 e. The van der Waals surface area contributed by atoms with Gasteiger partial charge >= 0.3 is 33.6 Å². The molecule has 472 valence electrons. The third-order valence-corrected chi connectivity index (χ3v) is 15.1. The van der Waals surface area contributed by atoms with Crippen LogP contribution in [-0.4, -0.2) is 95.9 Å². The summed E-state index contributed by atoms with van der Waals surface area (Å²) in [5, 5.41) is 20.5. The lowest BCUT2D eigenvalue weighted by atomic mass is 10.1. The van der Waals surface area contributed by atoms with Crippen molar-refractivity contribution in [3.63, 3.8) is 0 Å². The Morgan fingerprint density at radius 2 is 0.617 bits per heavy atom. The van der Waals surface area contributed by atoms with Gasteiger partial charge in [0.2, 0.25) is 0 Å². The summed E-state index contributed by atoms with van der Waals surface area (Å²) in [6.07, 6.45) is 55.7. The van der Waals surface area contributed by atoms with Crippen molar-refractivity contribution in [1.82, 2.24) is 0 Å². The molecular weight excluding hydrogens is 1070 g/mol. The van der Waals surface area contributed by atoms with E-state index in [0.717, 1.165) is 122 Å². The van der Waals surface area contributed by atoms with E-state index in [0.29, 0.717) is 19.3 Å². The lowest BCUT2D eigenvalue weighted by Crippen LogP contribution is -2.30. The van der Waals surface area contributed by atoms with Crippen molar-refractivity contribution in [2.75, 3.05) is 39.6 Å². The van der Waals surface area contributed by atoms with Crippen molar-refractivity contribution >= 4 is 33.6 Å². The molecule has 0 aliphatic rings. The molecule has 0 aromatic rings. The van der Waals surface area contributed by atoms with E-state index >= 15 is 0 Å². The predicted molar refractivity (Wildman–Crippen MR) is 325 cm³/mol. The number of esters is 3. The predicted octanol–water partition coefficient (Wildman–Crippen LogP) is 16.6. The average molecular weight is 1190 g/mol. The molecule has 0 aliphatic carbocycles. The van der Waals surface area contributed by atoms with Gasteiger partial charge in [0.25, 0.3) is 0 Å². The van der Waals surface area contributed by atoms with Crippen LogP contribution < -0.4 is 0 Å². The Bertz CT molecular complexity index is 1730. The van der Waals surface area contributed by atoms with Crippen LogP contribution in [0, 0.1) is 0 Å². The Labute approximate surface area is 490 Å². The molecule has 0 aliphatic heterocycles. The van der Waals surface area contributed by atoms with Gasteiger partial charge in [0.1, 0.15) is 25.4 Å². The van der Waals surface area contributed by atoms with E-state index in [-0.39, 0.29) is 19.3 Å². The summed E-state index contributed by atoms with van der Waals surface area (Å²) in [6, 6.07) is 0. The van der Waals surface area contributed by atoms with E-state index in [1.54, 1.807) is 0 Å². The van der Waals surface area contributed by atoms with Crippen LogP contribution in [0.4, 0.5) is 0 Å². The number of hydrogen-bond acceptors (Lipinski definition) is 14. The summed E-state index contributed by atoms with van der Waals surface area (Å²) >= 11 is 0. The molecule has 0 rings (SSSR count). The Kier molecular flexibility index (Phi) is 55.7. The second-order valence-corrected chi connectivity index (χ2v) is 24.1. The van der Waals surface area contributed by atoms with E-state index in [9.17, 15) is 43.5 Å². The summed E-state index contributed by atoms with van der Waals surface area (Å²) in [5.74, 6) is -1.59. The molecule has 0 saturated carbocycles. The number of unbranched alkanes of at least 4 members (excludes halogenated alkanes) is 27. The molecular formula is C63H114O16P2. The molecule has 0 amide bonds. The van der Waals surface area contributed by atoms with Crippen molar-refractivity contribution < 1.29 is 75.8 Å². The van der Waals surface area contributed by atoms with Crippen LogP contribution in [0.5, 0.6) is 0 Å². The Hall–Kier alpha value is -2.75. The fraction of sp³-hybridized carbons (Fsp3) is 0.794. The quantitative estimate of drug-likeness (QED) is 0.0146. The first kappa shape index (κ1) is 78.2. The normalized spacial score (nSPS) is 14.8. The van der Waals surface area contributed by atoms with Crippen molar-refractivity contribution in [2.45, 2.75) is 283 Å². The molecule has 0 radical (unpaired) electrons. The first-order valence-electron chi connectivity index (χ1n) is 31.6. The number of carbonyl (C=O) groups excluding carboxylic acids is 3. The Balaban J connectivity index is 4.61. The highest BCUT2D eigenvalue weighted by atomic mass is 31.2. The third-order valence-electron chi connectivity index (χ3n) is 13.2. The minimum absolute atomic E-state index is 0.105. The van der Waals surface area contributed by atoms with Crippen LogP contribution in [0.2, 0.25) is 0 Å². The highest BCUT2D eigenvalue weighted by molar-refractivity contribution is 7.47. The Morgan fingerprint density at radius 1 is 0.346 bits per heavy atom. The fourth-order valence-electron chi connectivity index (χ4n) is 8.31. The van der Waals surface area contributed by atoms with E-state index in [1.807, 2.05) is 0 Å². The van der Waals surface area contributed by atoms with Gasteiger partial charge in [-0.15, -0.1) is 0 Å². The molecule has 0 fully saturated rings. The number of hydrogen-bond donors (Lipinski definition) is 4. The number of carbonyl (C=O) groups is 3. The summed E-state index contributed by atoms with van der Waals surface area (Å²) in [5.41, 5.74) is 0. The maximum absolute atomic E-state index is 12.8. The zero-order valence-corrected chi connectivity index (χ0v) is 52.5. The zero-order valence-electron chi connectivity index (χ0n) is 50.7. The molecule has 0 aromatic heterocycles.